The highest BCUT2D eigenvalue weighted by atomic mass is 16.6. The maximum atomic E-state index is 10.7. The van der Waals surface area contributed by atoms with Crippen molar-refractivity contribution < 1.29 is 24.0 Å². The Morgan fingerprint density at radius 3 is 2.59 bits per heavy atom. The standard InChI is InChI=1S/C10H15NO6/c1-8(12)17-9(7-11(14)15)5-3-4-6-10(13)16-2/h4,6,9H,3,5,7H2,1-2H3/b6-4+. The van der Waals surface area contributed by atoms with E-state index in [9.17, 15) is 19.7 Å². The van der Waals surface area contributed by atoms with E-state index < -0.39 is 29.5 Å². The summed E-state index contributed by atoms with van der Waals surface area (Å²) < 4.78 is 9.13. The zero-order chi connectivity index (χ0) is 13.3. The molecule has 1 atom stereocenters. The third-order valence-corrected chi connectivity index (χ3v) is 1.80. The minimum absolute atomic E-state index is 0.286. The molecular weight excluding hydrogens is 230 g/mol. The Kier molecular flexibility index (Phi) is 7.32. The van der Waals surface area contributed by atoms with Gasteiger partial charge in [-0.05, 0) is 12.8 Å². The Labute approximate surface area is 98.5 Å². The predicted octanol–water partition coefficient (Wildman–Crippen LogP) is 0.704. The second-order valence-electron chi connectivity index (χ2n) is 3.25. The molecule has 0 aliphatic heterocycles. The molecule has 0 bridgehead atoms. The zero-order valence-corrected chi connectivity index (χ0v) is 9.75. The van der Waals surface area contributed by atoms with E-state index in [1.165, 1.54) is 26.2 Å². The highest BCUT2D eigenvalue weighted by Crippen LogP contribution is 2.04. The second-order valence-corrected chi connectivity index (χ2v) is 3.25. The highest BCUT2D eigenvalue weighted by molar-refractivity contribution is 5.81. The van der Waals surface area contributed by atoms with Crippen LogP contribution in [0.1, 0.15) is 19.8 Å². The molecular formula is C10H15NO6. The number of carbonyl (C=O) groups excluding carboxylic acids is 2. The lowest BCUT2D eigenvalue weighted by molar-refractivity contribution is -0.490. The maximum Gasteiger partial charge on any atom is 0.330 e. The van der Waals surface area contributed by atoms with E-state index in [-0.39, 0.29) is 6.42 Å². The average molecular weight is 245 g/mol. The summed E-state index contributed by atoms with van der Waals surface area (Å²) in [5, 5.41) is 10.3. The van der Waals surface area contributed by atoms with Crippen molar-refractivity contribution in [1.29, 1.82) is 0 Å². The molecule has 0 saturated carbocycles. The molecule has 0 aromatic carbocycles. The fourth-order valence-electron chi connectivity index (χ4n) is 1.12. The summed E-state index contributed by atoms with van der Waals surface area (Å²) in [5.41, 5.74) is 0. The molecule has 96 valence electrons. The molecule has 0 radical (unpaired) electrons. The van der Waals surface area contributed by atoms with Crippen LogP contribution in [0.4, 0.5) is 0 Å². The van der Waals surface area contributed by atoms with Gasteiger partial charge in [0.1, 0.15) is 0 Å². The number of esters is 2. The molecule has 0 aromatic rings. The van der Waals surface area contributed by atoms with Gasteiger partial charge in [-0.25, -0.2) is 4.79 Å². The maximum absolute atomic E-state index is 10.7. The number of methoxy groups -OCH3 is 1. The lowest BCUT2D eigenvalue weighted by atomic mass is 10.2. The second kappa shape index (κ2) is 8.26. The number of ether oxygens (including phenoxy) is 2. The van der Waals surface area contributed by atoms with Crippen LogP contribution in [-0.2, 0) is 19.1 Å². The average Bonchev–Trinajstić information content (AvgIpc) is 2.22. The van der Waals surface area contributed by atoms with Crippen molar-refractivity contribution in [2.45, 2.75) is 25.9 Å². The largest absolute Gasteiger partial charge is 0.466 e. The molecule has 0 heterocycles. The number of hydrogen-bond donors (Lipinski definition) is 0. The van der Waals surface area contributed by atoms with E-state index in [2.05, 4.69) is 4.74 Å². The third-order valence-electron chi connectivity index (χ3n) is 1.80. The van der Waals surface area contributed by atoms with E-state index >= 15 is 0 Å². The van der Waals surface area contributed by atoms with Crippen molar-refractivity contribution >= 4 is 11.9 Å². The monoisotopic (exact) mass is 245 g/mol. The van der Waals surface area contributed by atoms with Crippen LogP contribution in [0.2, 0.25) is 0 Å². The Morgan fingerprint density at radius 2 is 2.12 bits per heavy atom. The lowest BCUT2D eigenvalue weighted by Crippen LogP contribution is -2.25. The van der Waals surface area contributed by atoms with Gasteiger partial charge in [-0.2, -0.15) is 0 Å². The molecule has 0 N–H and O–H groups in total. The van der Waals surface area contributed by atoms with Crippen LogP contribution in [0.5, 0.6) is 0 Å². The normalized spacial score (nSPS) is 12.1. The summed E-state index contributed by atoms with van der Waals surface area (Å²) in [6, 6.07) is 0. The number of carbonyl (C=O) groups is 2. The lowest BCUT2D eigenvalue weighted by Gasteiger charge is -2.11. The Hall–Kier alpha value is -1.92. The van der Waals surface area contributed by atoms with Gasteiger partial charge in [0.25, 0.3) is 0 Å². The van der Waals surface area contributed by atoms with Crippen molar-refractivity contribution in [2.75, 3.05) is 13.7 Å². The quantitative estimate of drug-likeness (QED) is 0.283. The summed E-state index contributed by atoms with van der Waals surface area (Å²) in [7, 11) is 1.25. The van der Waals surface area contributed by atoms with E-state index in [1.807, 2.05) is 0 Å². The topological polar surface area (TPSA) is 95.7 Å². The molecule has 17 heavy (non-hydrogen) atoms. The third kappa shape index (κ3) is 9.04. The predicted molar refractivity (Wildman–Crippen MR) is 57.8 cm³/mol. The number of nitro groups is 1. The molecule has 0 aliphatic rings. The van der Waals surface area contributed by atoms with Crippen LogP contribution in [0.25, 0.3) is 0 Å². The molecule has 7 nitrogen and oxygen atoms in total. The number of rotatable bonds is 7. The summed E-state index contributed by atoms with van der Waals surface area (Å²) >= 11 is 0. The molecule has 0 aliphatic carbocycles. The number of nitrogens with zero attached hydrogens (tertiary/aromatic N) is 1. The zero-order valence-electron chi connectivity index (χ0n) is 9.75. The van der Waals surface area contributed by atoms with Gasteiger partial charge in [-0.3, -0.25) is 14.9 Å². The van der Waals surface area contributed by atoms with E-state index in [4.69, 9.17) is 4.74 Å². The van der Waals surface area contributed by atoms with Gasteiger partial charge in [0.05, 0.1) is 7.11 Å². The first-order valence-corrected chi connectivity index (χ1v) is 4.99. The molecule has 0 fully saturated rings. The van der Waals surface area contributed by atoms with Gasteiger partial charge in [0.2, 0.25) is 6.54 Å². The summed E-state index contributed by atoms with van der Waals surface area (Å²) in [6.45, 7) is 0.753. The van der Waals surface area contributed by atoms with Crippen LogP contribution in [0, 0.1) is 10.1 Å². The number of allylic oxidation sites excluding steroid dienone is 1. The highest BCUT2D eigenvalue weighted by Gasteiger charge is 2.17. The van der Waals surface area contributed by atoms with Crippen molar-refractivity contribution in [3.8, 4) is 0 Å². The first-order chi connectivity index (χ1) is 7.95. The van der Waals surface area contributed by atoms with E-state index in [0.717, 1.165) is 0 Å². The van der Waals surface area contributed by atoms with Crippen molar-refractivity contribution in [3.63, 3.8) is 0 Å². The summed E-state index contributed by atoms with van der Waals surface area (Å²) in [4.78, 5) is 31.2. The summed E-state index contributed by atoms with van der Waals surface area (Å²) in [5.74, 6) is -1.06. The molecule has 0 aromatic heterocycles. The van der Waals surface area contributed by atoms with Crippen molar-refractivity contribution in [2.24, 2.45) is 0 Å². The molecule has 0 spiro atoms. The van der Waals surface area contributed by atoms with Crippen molar-refractivity contribution in [3.05, 3.63) is 22.3 Å². The Morgan fingerprint density at radius 1 is 1.47 bits per heavy atom. The van der Waals surface area contributed by atoms with E-state index in [0.29, 0.717) is 6.42 Å². The van der Waals surface area contributed by atoms with Gasteiger partial charge in [-0.1, -0.05) is 6.08 Å². The first-order valence-electron chi connectivity index (χ1n) is 4.99. The van der Waals surface area contributed by atoms with E-state index in [1.54, 1.807) is 0 Å². The molecule has 7 heteroatoms. The molecule has 0 amide bonds. The van der Waals surface area contributed by atoms with Crippen LogP contribution in [0.3, 0.4) is 0 Å². The molecule has 0 saturated heterocycles. The smallest absolute Gasteiger partial charge is 0.330 e. The minimum atomic E-state index is -0.773. The van der Waals surface area contributed by atoms with Crippen LogP contribution < -0.4 is 0 Å². The van der Waals surface area contributed by atoms with Gasteiger partial charge in [-0.15, -0.1) is 0 Å². The van der Waals surface area contributed by atoms with Gasteiger partial charge in [0.15, 0.2) is 6.10 Å². The molecule has 0 rings (SSSR count). The Balaban J connectivity index is 4.07. The minimum Gasteiger partial charge on any atom is -0.466 e. The molecule has 1 unspecified atom stereocenters. The van der Waals surface area contributed by atoms with Crippen LogP contribution in [-0.4, -0.2) is 36.6 Å². The van der Waals surface area contributed by atoms with Crippen molar-refractivity contribution in [1.82, 2.24) is 0 Å². The van der Waals surface area contributed by atoms with Crippen LogP contribution in [0.15, 0.2) is 12.2 Å². The first kappa shape index (κ1) is 15.1. The van der Waals surface area contributed by atoms with Gasteiger partial charge in [0, 0.05) is 17.9 Å². The fraction of sp³-hybridized carbons (Fsp3) is 0.600. The van der Waals surface area contributed by atoms with Gasteiger partial charge < -0.3 is 9.47 Å². The number of hydrogen-bond acceptors (Lipinski definition) is 6. The summed E-state index contributed by atoms with van der Waals surface area (Å²) in [6.07, 6.45) is 2.64. The van der Waals surface area contributed by atoms with Gasteiger partial charge >= 0.3 is 11.9 Å². The Bertz CT molecular complexity index is 296. The van der Waals surface area contributed by atoms with Crippen LogP contribution >= 0.6 is 0 Å². The fourth-order valence-corrected chi connectivity index (χ4v) is 1.12. The SMILES string of the molecule is COC(=O)/C=C/CCC(C[N+](=O)[O-])OC(C)=O.